The maximum absolute atomic E-state index is 4.93. The van der Waals surface area contributed by atoms with E-state index in [0.717, 1.165) is 64.3 Å². The Bertz CT molecular complexity index is 1350. The first-order chi connectivity index (χ1) is 22.9. The normalized spacial score (nSPS) is 37.4. The van der Waals surface area contributed by atoms with Gasteiger partial charge in [-0.15, -0.1) is 0 Å². The van der Waals surface area contributed by atoms with Crippen LogP contribution in [0.15, 0.2) is 71.4 Å². The predicted molar refractivity (Wildman–Crippen MR) is 229 cm³/mol. The maximum atomic E-state index is 4.93. The predicted octanol–water partition coefficient (Wildman–Crippen LogP) is 15.5. The van der Waals surface area contributed by atoms with Crippen LogP contribution in [0.2, 0.25) is 24.2 Å². The van der Waals surface area contributed by atoms with Crippen LogP contribution < -0.4 is 0 Å². The fourth-order valence-corrected chi connectivity index (χ4v) is 18.8. The van der Waals surface area contributed by atoms with E-state index in [1.807, 2.05) is 0 Å². The zero-order valence-corrected chi connectivity index (χ0v) is 40.2. The number of hydrogen-bond donors (Lipinski definition) is 0. The van der Waals surface area contributed by atoms with E-state index < -0.39 is 28.9 Å². The van der Waals surface area contributed by atoms with Gasteiger partial charge in [0.2, 0.25) is 0 Å². The van der Waals surface area contributed by atoms with E-state index in [1.54, 1.807) is 16.7 Å². The molecule has 0 aromatic carbocycles. The van der Waals surface area contributed by atoms with E-state index >= 15 is 0 Å². The van der Waals surface area contributed by atoms with Crippen LogP contribution in [0.3, 0.4) is 0 Å². The van der Waals surface area contributed by atoms with Crippen LogP contribution in [0, 0.1) is 90.8 Å². The molecule has 0 aromatic heterocycles. The molecule has 0 radical (unpaired) electrons. The average molecular weight is 831 g/mol. The molecule has 0 bridgehead atoms. The van der Waals surface area contributed by atoms with Gasteiger partial charge in [0.05, 0.1) is 8.07 Å². The summed E-state index contributed by atoms with van der Waals surface area (Å²) in [6.45, 7) is 30.5. The molecule has 6 rings (SSSR count). The van der Waals surface area contributed by atoms with Gasteiger partial charge in [0.25, 0.3) is 0 Å². The summed E-state index contributed by atoms with van der Waals surface area (Å²) in [5, 5.41) is 0. The molecule has 0 aliphatic heterocycles. The van der Waals surface area contributed by atoms with E-state index in [1.165, 1.54) is 38.5 Å². The average Bonchev–Trinajstić information content (AvgIpc) is 3.59. The van der Waals surface area contributed by atoms with Gasteiger partial charge < -0.3 is 14.9 Å². The molecule has 0 heterocycles. The molecule has 6 aliphatic carbocycles. The monoisotopic (exact) mass is 828 g/mol. The summed E-state index contributed by atoms with van der Waals surface area (Å²) in [6.07, 6.45) is 31.7. The molecule has 51 heavy (non-hydrogen) atoms. The van der Waals surface area contributed by atoms with Gasteiger partial charge in [0.1, 0.15) is 0 Å². The van der Waals surface area contributed by atoms with E-state index in [4.69, 9.17) is 17.0 Å². The first-order valence-corrected chi connectivity index (χ1v) is 29.4. The van der Waals surface area contributed by atoms with E-state index in [2.05, 4.69) is 137 Å². The standard InChI is InChI=1S/C45H70Si.2CH3.2ClH.Zr/c1-28(2)37-27-40-35(31-16-20-33(21-17-31)44(5,6)7)14-13-15-36(40)43(37)46(11,12)42-30(4)26-39-38(24-29(3)25-41(39)42)32-18-22-34(23-19-32)45(8,9)10;;;;;/h13,15-20,22,25,28,30,33-43H,14,21,23-24,26-27H2,1-12H3;2*1H3;2*1H;/q;2*-1;;;+4/p-2. The molecule has 286 valence electrons. The Morgan fingerprint density at radius 1 is 0.745 bits per heavy atom. The summed E-state index contributed by atoms with van der Waals surface area (Å²) in [6, 6.07) is 0. The zero-order chi connectivity index (χ0) is 36.1. The molecule has 12 unspecified atom stereocenters. The summed E-state index contributed by atoms with van der Waals surface area (Å²) in [5.74, 6) is 8.47. The van der Waals surface area contributed by atoms with E-state index in [-0.39, 0.29) is 14.9 Å². The van der Waals surface area contributed by atoms with Gasteiger partial charge in [0.15, 0.2) is 0 Å². The van der Waals surface area contributed by atoms with Crippen molar-refractivity contribution in [3.05, 3.63) is 86.3 Å². The van der Waals surface area contributed by atoms with E-state index in [0.29, 0.717) is 22.7 Å². The van der Waals surface area contributed by atoms with Crippen molar-refractivity contribution >= 4 is 25.1 Å². The van der Waals surface area contributed by atoms with Gasteiger partial charge in [0, 0.05) is 0 Å². The molecule has 0 spiro atoms. The van der Waals surface area contributed by atoms with Crippen LogP contribution in [0.25, 0.3) is 0 Å². The number of hydrogen-bond acceptors (Lipinski definition) is 0. The summed E-state index contributed by atoms with van der Waals surface area (Å²) in [4.78, 5) is 0. The summed E-state index contributed by atoms with van der Waals surface area (Å²) in [5.41, 5.74) is 7.52. The molecule has 0 N–H and O–H groups in total. The SMILES string of the molecule is CC1=CC2C(CC(C)C2[Si](C)(C)C2C3C=CCC(C4=CCC(C(C)(C)C)C=C4)C3CC2C(C)C)C(C2=CCC(C(C)(C)C)C=C2)C1.[CH3-].[CH3-].[Cl][Zr+2][Cl]. The van der Waals surface area contributed by atoms with Crippen LogP contribution in [0.5, 0.6) is 0 Å². The molecule has 6 aliphatic rings. The minimum atomic E-state index is -1.67. The zero-order valence-electron chi connectivity index (χ0n) is 35.2. The van der Waals surface area contributed by atoms with Crippen molar-refractivity contribution in [2.24, 2.45) is 75.9 Å². The second kappa shape index (κ2) is 17.9. The molecule has 12 atom stereocenters. The molecular weight excluding hydrogens is 755 g/mol. The Balaban J connectivity index is 0.00000136. The van der Waals surface area contributed by atoms with Gasteiger partial charge in [-0.05, 0) is 144 Å². The number of fused-ring (bicyclic) bond motifs is 2. The summed E-state index contributed by atoms with van der Waals surface area (Å²) < 4.78 is 0. The van der Waals surface area contributed by atoms with Crippen molar-refractivity contribution in [1.29, 1.82) is 0 Å². The van der Waals surface area contributed by atoms with Crippen molar-refractivity contribution in [2.45, 2.75) is 132 Å². The molecule has 2 fully saturated rings. The van der Waals surface area contributed by atoms with Crippen LogP contribution >= 0.6 is 17.0 Å². The van der Waals surface area contributed by atoms with Gasteiger partial charge in [-0.1, -0.05) is 136 Å². The molecule has 0 aromatic rings. The van der Waals surface area contributed by atoms with Crippen LogP contribution in [-0.2, 0) is 20.8 Å². The first kappa shape index (κ1) is 45.5. The quantitative estimate of drug-likeness (QED) is 0.147. The first-order valence-electron chi connectivity index (χ1n) is 20.0. The molecule has 4 heteroatoms. The van der Waals surface area contributed by atoms with Crippen LogP contribution in [0.4, 0.5) is 0 Å². The summed E-state index contributed by atoms with van der Waals surface area (Å²) >= 11 is -0.826. The van der Waals surface area contributed by atoms with Crippen molar-refractivity contribution < 1.29 is 20.8 Å². The molecule has 2 saturated carbocycles. The Morgan fingerprint density at radius 2 is 1.25 bits per heavy atom. The topological polar surface area (TPSA) is 0 Å². The molecule has 0 saturated heterocycles. The second-order valence-corrected chi connectivity index (χ2v) is 29.1. The Hall–Kier alpha value is 0.120. The second-order valence-electron chi connectivity index (χ2n) is 20.4. The number of rotatable bonds is 5. The number of allylic oxidation sites excluding steroid dienone is 12. The van der Waals surface area contributed by atoms with Crippen molar-refractivity contribution in [3.63, 3.8) is 0 Å². The third-order valence-corrected chi connectivity index (χ3v) is 20.0. The third kappa shape index (κ3) is 9.57. The Morgan fingerprint density at radius 3 is 1.73 bits per heavy atom. The molecule has 0 nitrogen and oxygen atoms in total. The van der Waals surface area contributed by atoms with Crippen LogP contribution in [0.1, 0.15) is 108 Å². The van der Waals surface area contributed by atoms with Gasteiger partial charge >= 0.3 is 37.9 Å². The van der Waals surface area contributed by atoms with Gasteiger partial charge in [-0.3, -0.25) is 0 Å². The molecule has 0 amide bonds. The fraction of sp³-hybridized carbons (Fsp3) is 0.702. The Labute approximate surface area is 337 Å². The van der Waals surface area contributed by atoms with E-state index in [9.17, 15) is 0 Å². The van der Waals surface area contributed by atoms with Gasteiger partial charge in [-0.25, -0.2) is 0 Å². The summed E-state index contributed by atoms with van der Waals surface area (Å²) in [7, 11) is 8.19. The fourth-order valence-electron chi connectivity index (χ4n) is 12.4. The van der Waals surface area contributed by atoms with Gasteiger partial charge in [-0.2, -0.15) is 0 Å². The molecular formula is C47H76Cl2SiZr. The third-order valence-electron chi connectivity index (χ3n) is 14.8. The van der Waals surface area contributed by atoms with Crippen molar-refractivity contribution in [3.8, 4) is 0 Å². The van der Waals surface area contributed by atoms with Crippen LogP contribution in [-0.4, -0.2) is 8.07 Å². The van der Waals surface area contributed by atoms with Crippen molar-refractivity contribution in [2.75, 3.05) is 0 Å². The number of halogens is 2. The minimum absolute atomic E-state index is 0. The Kier molecular flexibility index (Phi) is 16.0. The van der Waals surface area contributed by atoms with Crippen molar-refractivity contribution in [1.82, 2.24) is 0 Å².